The molecule has 0 radical (unpaired) electrons. The predicted molar refractivity (Wildman–Crippen MR) is 80.8 cm³/mol. The normalized spacial score (nSPS) is 16.8. The van der Waals surface area contributed by atoms with E-state index in [0.717, 1.165) is 30.1 Å². The lowest BCUT2D eigenvalue weighted by molar-refractivity contribution is 0.0662. The number of nitrogens with one attached hydrogen (secondary N) is 1. The van der Waals surface area contributed by atoms with Crippen molar-refractivity contribution in [1.29, 1.82) is 0 Å². The maximum atomic E-state index is 12.7. The topological polar surface area (TPSA) is 32.3 Å². The monoisotopic (exact) mass is 280 g/mol. The molecule has 1 aliphatic rings. The maximum absolute atomic E-state index is 12.7. The Hall–Kier alpha value is -0.870. The summed E-state index contributed by atoms with van der Waals surface area (Å²) >= 11 is 1.56. The SMILES string of the molecule is Cc1ccsc1C(=O)N(CC1CCNCC1)C(C)C. The Morgan fingerprint density at radius 3 is 2.68 bits per heavy atom. The molecule has 1 amide bonds. The predicted octanol–water partition coefficient (Wildman–Crippen LogP) is 2.91. The Morgan fingerprint density at radius 1 is 1.47 bits per heavy atom. The van der Waals surface area contributed by atoms with Crippen LogP contribution in [0, 0.1) is 12.8 Å². The van der Waals surface area contributed by atoms with Gasteiger partial charge in [-0.15, -0.1) is 11.3 Å². The van der Waals surface area contributed by atoms with Gasteiger partial charge in [0.15, 0.2) is 0 Å². The average molecular weight is 280 g/mol. The van der Waals surface area contributed by atoms with Crippen molar-refractivity contribution in [1.82, 2.24) is 10.2 Å². The first-order valence-corrected chi connectivity index (χ1v) is 8.03. The second-order valence-corrected chi connectivity index (χ2v) is 6.59. The van der Waals surface area contributed by atoms with E-state index in [-0.39, 0.29) is 11.9 Å². The zero-order valence-corrected chi connectivity index (χ0v) is 12.9. The van der Waals surface area contributed by atoms with Crippen LogP contribution in [0.25, 0.3) is 0 Å². The van der Waals surface area contributed by atoms with Crippen molar-refractivity contribution < 1.29 is 4.79 Å². The highest BCUT2D eigenvalue weighted by Crippen LogP contribution is 2.22. The third kappa shape index (κ3) is 3.57. The fourth-order valence-corrected chi connectivity index (χ4v) is 3.47. The van der Waals surface area contributed by atoms with Crippen molar-refractivity contribution in [3.63, 3.8) is 0 Å². The third-order valence-corrected chi connectivity index (χ3v) is 4.86. The molecule has 0 aromatic carbocycles. The fourth-order valence-electron chi connectivity index (χ4n) is 2.59. The average Bonchev–Trinajstić information content (AvgIpc) is 2.82. The molecule has 2 heterocycles. The summed E-state index contributed by atoms with van der Waals surface area (Å²) in [5.41, 5.74) is 1.10. The van der Waals surface area contributed by atoms with E-state index in [9.17, 15) is 4.79 Å². The third-order valence-electron chi connectivity index (χ3n) is 3.85. The first kappa shape index (κ1) is 14.5. The van der Waals surface area contributed by atoms with Crippen molar-refractivity contribution >= 4 is 17.2 Å². The van der Waals surface area contributed by atoms with Gasteiger partial charge in [0, 0.05) is 12.6 Å². The lowest BCUT2D eigenvalue weighted by Crippen LogP contribution is -2.42. The Morgan fingerprint density at radius 2 is 2.16 bits per heavy atom. The fraction of sp³-hybridized carbons (Fsp3) is 0.667. The summed E-state index contributed by atoms with van der Waals surface area (Å²) < 4.78 is 0. The van der Waals surface area contributed by atoms with E-state index in [0.29, 0.717) is 5.92 Å². The number of amides is 1. The van der Waals surface area contributed by atoms with E-state index in [1.165, 1.54) is 12.8 Å². The molecule has 1 aliphatic heterocycles. The van der Waals surface area contributed by atoms with Gasteiger partial charge in [-0.1, -0.05) is 0 Å². The standard InChI is InChI=1S/C15H24N2OS/c1-11(2)17(10-13-4-7-16-8-5-13)15(18)14-12(3)6-9-19-14/h6,9,11,13,16H,4-5,7-8,10H2,1-3H3. The molecular formula is C15H24N2OS. The molecule has 0 atom stereocenters. The molecule has 1 aromatic rings. The van der Waals surface area contributed by atoms with Crippen LogP contribution in [0.1, 0.15) is 41.9 Å². The highest BCUT2D eigenvalue weighted by atomic mass is 32.1. The van der Waals surface area contributed by atoms with Gasteiger partial charge in [0.2, 0.25) is 0 Å². The minimum atomic E-state index is 0.209. The number of carbonyl (C=O) groups is 1. The lowest BCUT2D eigenvalue weighted by atomic mass is 9.97. The van der Waals surface area contributed by atoms with Crippen molar-refractivity contribution in [2.45, 2.75) is 39.7 Å². The molecule has 0 saturated carbocycles. The first-order chi connectivity index (χ1) is 9.09. The molecule has 2 rings (SSSR count). The minimum absolute atomic E-state index is 0.209. The number of aryl methyl sites for hydroxylation is 1. The van der Waals surface area contributed by atoms with Crippen LogP contribution >= 0.6 is 11.3 Å². The minimum Gasteiger partial charge on any atom is -0.335 e. The van der Waals surface area contributed by atoms with Crippen LogP contribution < -0.4 is 5.32 Å². The molecule has 0 unspecified atom stereocenters. The zero-order chi connectivity index (χ0) is 13.8. The number of carbonyl (C=O) groups excluding carboxylic acids is 1. The van der Waals surface area contributed by atoms with Gasteiger partial charge in [-0.2, -0.15) is 0 Å². The maximum Gasteiger partial charge on any atom is 0.264 e. The smallest absolute Gasteiger partial charge is 0.264 e. The van der Waals surface area contributed by atoms with Gasteiger partial charge in [0.1, 0.15) is 0 Å². The molecule has 106 valence electrons. The number of hydrogen-bond donors (Lipinski definition) is 1. The van der Waals surface area contributed by atoms with E-state index in [1.807, 2.05) is 18.4 Å². The van der Waals surface area contributed by atoms with Crippen LogP contribution in [0.5, 0.6) is 0 Å². The van der Waals surface area contributed by atoms with Gasteiger partial charge >= 0.3 is 0 Å². The van der Waals surface area contributed by atoms with Crippen LogP contribution in [0.15, 0.2) is 11.4 Å². The highest BCUT2D eigenvalue weighted by Gasteiger charge is 2.25. The highest BCUT2D eigenvalue weighted by molar-refractivity contribution is 7.12. The Kier molecular flexibility index (Phi) is 4.99. The Labute approximate surface area is 120 Å². The quantitative estimate of drug-likeness (QED) is 0.920. The largest absolute Gasteiger partial charge is 0.335 e. The molecule has 1 fully saturated rings. The van der Waals surface area contributed by atoms with Gasteiger partial charge in [-0.3, -0.25) is 4.79 Å². The molecule has 0 bridgehead atoms. The Bertz CT molecular complexity index is 422. The van der Waals surface area contributed by atoms with Gasteiger partial charge < -0.3 is 10.2 Å². The summed E-state index contributed by atoms with van der Waals surface area (Å²) in [4.78, 5) is 15.6. The molecule has 1 saturated heterocycles. The summed E-state index contributed by atoms with van der Waals surface area (Å²) in [6.45, 7) is 9.32. The molecule has 19 heavy (non-hydrogen) atoms. The molecule has 3 nitrogen and oxygen atoms in total. The molecule has 4 heteroatoms. The van der Waals surface area contributed by atoms with Gasteiger partial charge in [-0.25, -0.2) is 0 Å². The van der Waals surface area contributed by atoms with E-state index in [1.54, 1.807) is 11.3 Å². The van der Waals surface area contributed by atoms with E-state index < -0.39 is 0 Å². The summed E-state index contributed by atoms with van der Waals surface area (Å²) in [6.07, 6.45) is 2.36. The van der Waals surface area contributed by atoms with Crippen LogP contribution in [0.4, 0.5) is 0 Å². The van der Waals surface area contributed by atoms with Gasteiger partial charge in [0.05, 0.1) is 4.88 Å². The summed E-state index contributed by atoms with van der Waals surface area (Å²) in [5.74, 6) is 0.855. The van der Waals surface area contributed by atoms with Crippen molar-refractivity contribution in [3.05, 3.63) is 21.9 Å². The van der Waals surface area contributed by atoms with E-state index in [2.05, 4.69) is 24.1 Å². The molecule has 0 aliphatic carbocycles. The number of rotatable bonds is 4. The molecule has 1 N–H and O–H groups in total. The summed E-state index contributed by atoms with van der Waals surface area (Å²) in [5, 5.41) is 5.39. The summed E-state index contributed by atoms with van der Waals surface area (Å²) in [6, 6.07) is 2.30. The number of nitrogens with zero attached hydrogens (tertiary/aromatic N) is 1. The summed E-state index contributed by atoms with van der Waals surface area (Å²) in [7, 11) is 0. The van der Waals surface area contributed by atoms with Crippen LogP contribution in [0.3, 0.4) is 0 Å². The Balaban J connectivity index is 2.07. The van der Waals surface area contributed by atoms with E-state index >= 15 is 0 Å². The van der Waals surface area contributed by atoms with Crippen LogP contribution in [0.2, 0.25) is 0 Å². The number of hydrogen-bond acceptors (Lipinski definition) is 3. The van der Waals surface area contributed by atoms with Crippen molar-refractivity contribution in [2.24, 2.45) is 5.92 Å². The van der Waals surface area contributed by atoms with Crippen LogP contribution in [-0.2, 0) is 0 Å². The molecule has 0 spiro atoms. The molecular weight excluding hydrogens is 256 g/mol. The van der Waals surface area contributed by atoms with Crippen molar-refractivity contribution in [3.8, 4) is 0 Å². The number of piperidine rings is 1. The zero-order valence-electron chi connectivity index (χ0n) is 12.1. The van der Waals surface area contributed by atoms with Crippen LogP contribution in [-0.4, -0.2) is 36.5 Å². The molecule has 1 aromatic heterocycles. The second-order valence-electron chi connectivity index (χ2n) is 5.68. The van der Waals surface area contributed by atoms with Crippen molar-refractivity contribution in [2.75, 3.05) is 19.6 Å². The second kappa shape index (κ2) is 6.53. The lowest BCUT2D eigenvalue weighted by Gasteiger charge is -2.32. The van der Waals surface area contributed by atoms with Gasteiger partial charge in [0.25, 0.3) is 5.91 Å². The van der Waals surface area contributed by atoms with E-state index in [4.69, 9.17) is 0 Å². The van der Waals surface area contributed by atoms with Gasteiger partial charge in [-0.05, 0) is 69.6 Å². The first-order valence-electron chi connectivity index (χ1n) is 7.15. The number of thiophene rings is 1.